The van der Waals surface area contributed by atoms with Gasteiger partial charge in [0.25, 0.3) is 0 Å². The van der Waals surface area contributed by atoms with Crippen LogP contribution in [-0.4, -0.2) is 17.0 Å². The number of aromatic nitrogens is 1. The minimum atomic E-state index is -0.423. The third-order valence-electron chi connectivity index (χ3n) is 4.60. The Labute approximate surface area is 154 Å². The van der Waals surface area contributed by atoms with Crippen LogP contribution in [0.3, 0.4) is 0 Å². The van der Waals surface area contributed by atoms with Crippen LogP contribution in [0.25, 0.3) is 0 Å². The molecule has 0 aliphatic heterocycles. The number of thiocarbonyl (C=S) groups is 1. The Morgan fingerprint density at radius 1 is 1.24 bits per heavy atom. The summed E-state index contributed by atoms with van der Waals surface area (Å²) in [5.74, 6) is 0. The Balaban J connectivity index is 1.84. The van der Waals surface area contributed by atoms with E-state index >= 15 is 0 Å². The molecule has 0 fully saturated rings. The maximum Gasteiger partial charge on any atom is 0.0996 e. The van der Waals surface area contributed by atoms with Crippen molar-refractivity contribution < 1.29 is 4.84 Å². The zero-order chi connectivity index (χ0) is 17.5. The second kappa shape index (κ2) is 8.23. The van der Waals surface area contributed by atoms with Crippen molar-refractivity contribution in [3.63, 3.8) is 0 Å². The molecule has 25 heavy (non-hydrogen) atoms. The summed E-state index contributed by atoms with van der Waals surface area (Å²) in [7, 11) is 1.87. The van der Waals surface area contributed by atoms with Gasteiger partial charge in [0.2, 0.25) is 0 Å². The SMILES string of the molecule is CNC(=S)C1(c2cccnc2)CCCC=C1NOCc1ccccc1. The molecule has 1 heterocycles. The fraction of sp³-hybridized carbons (Fsp3) is 0.300. The van der Waals surface area contributed by atoms with Crippen LogP contribution >= 0.6 is 12.2 Å². The fourth-order valence-electron chi connectivity index (χ4n) is 3.32. The molecule has 2 N–H and O–H groups in total. The van der Waals surface area contributed by atoms with Gasteiger partial charge in [-0.05, 0) is 36.5 Å². The standard InChI is InChI=1S/C20H23N3OS/c1-21-19(25)20(17-10-7-13-22-14-17)12-6-5-11-18(20)23-24-15-16-8-3-2-4-9-16/h2-4,7-11,13-14,23H,5-6,12,15H2,1H3,(H,21,25). The molecule has 0 spiro atoms. The van der Waals surface area contributed by atoms with Gasteiger partial charge in [-0.2, -0.15) is 0 Å². The summed E-state index contributed by atoms with van der Waals surface area (Å²) in [5.41, 5.74) is 5.94. The van der Waals surface area contributed by atoms with E-state index < -0.39 is 5.41 Å². The van der Waals surface area contributed by atoms with Crippen LogP contribution in [0.2, 0.25) is 0 Å². The van der Waals surface area contributed by atoms with E-state index in [0.29, 0.717) is 6.61 Å². The van der Waals surface area contributed by atoms with Crippen molar-refractivity contribution in [1.82, 2.24) is 15.8 Å². The van der Waals surface area contributed by atoms with Crippen molar-refractivity contribution in [2.24, 2.45) is 0 Å². The molecule has 3 rings (SSSR count). The molecule has 0 amide bonds. The number of nitrogens with one attached hydrogen (secondary N) is 2. The van der Waals surface area contributed by atoms with Crippen LogP contribution in [-0.2, 0) is 16.9 Å². The maximum atomic E-state index is 5.80. The van der Waals surface area contributed by atoms with Crippen molar-refractivity contribution in [2.45, 2.75) is 31.3 Å². The largest absolute Gasteiger partial charge is 0.382 e. The summed E-state index contributed by atoms with van der Waals surface area (Å²) >= 11 is 5.72. The predicted octanol–water partition coefficient (Wildman–Crippen LogP) is 3.66. The fourth-order valence-corrected chi connectivity index (χ4v) is 3.65. The van der Waals surface area contributed by atoms with Crippen molar-refractivity contribution >= 4 is 17.2 Å². The third kappa shape index (κ3) is 3.72. The number of allylic oxidation sites excluding steroid dienone is 1. The average Bonchev–Trinajstić information content (AvgIpc) is 2.69. The molecule has 1 unspecified atom stereocenters. The number of hydroxylamine groups is 1. The molecule has 1 aromatic heterocycles. The molecule has 0 saturated heterocycles. The lowest BCUT2D eigenvalue weighted by Crippen LogP contribution is -2.48. The van der Waals surface area contributed by atoms with E-state index in [4.69, 9.17) is 17.1 Å². The monoisotopic (exact) mass is 353 g/mol. The van der Waals surface area contributed by atoms with Gasteiger partial charge in [0, 0.05) is 19.4 Å². The van der Waals surface area contributed by atoms with Gasteiger partial charge in [0.1, 0.15) is 0 Å². The highest BCUT2D eigenvalue weighted by atomic mass is 32.1. The lowest BCUT2D eigenvalue weighted by molar-refractivity contribution is 0.0409. The van der Waals surface area contributed by atoms with Crippen molar-refractivity contribution in [3.8, 4) is 0 Å². The molecule has 0 saturated carbocycles. The van der Waals surface area contributed by atoms with Gasteiger partial charge in [-0.1, -0.05) is 54.7 Å². The van der Waals surface area contributed by atoms with Gasteiger partial charge in [-0.15, -0.1) is 0 Å². The Bertz CT molecular complexity index is 733. The first-order valence-electron chi connectivity index (χ1n) is 8.52. The van der Waals surface area contributed by atoms with Gasteiger partial charge in [0.05, 0.1) is 22.7 Å². The third-order valence-corrected chi connectivity index (χ3v) is 5.15. The number of pyridine rings is 1. The quantitative estimate of drug-likeness (QED) is 0.613. The highest BCUT2D eigenvalue weighted by Crippen LogP contribution is 2.40. The second-order valence-corrected chi connectivity index (χ2v) is 6.52. The zero-order valence-electron chi connectivity index (χ0n) is 14.4. The van der Waals surface area contributed by atoms with Gasteiger partial charge in [-0.3, -0.25) is 15.3 Å². The Hall–Kier alpha value is -2.24. The van der Waals surface area contributed by atoms with Gasteiger partial charge in [0.15, 0.2) is 0 Å². The lowest BCUT2D eigenvalue weighted by atomic mass is 9.71. The molecule has 2 aromatic rings. The van der Waals surface area contributed by atoms with Crippen LogP contribution in [0.1, 0.15) is 30.4 Å². The summed E-state index contributed by atoms with van der Waals surface area (Å²) in [6.07, 6.45) is 8.86. The van der Waals surface area contributed by atoms with Crippen molar-refractivity contribution in [3.05, 3.63) is 77.8 Å². The predicted molar refractivity (Wildman–Crippen MR) is 104 cm³/mol. The molecule has 1 aromatic carbocycles. The molecule has 0 bridgehead atoms. The van der Waals surface area contributed by atoms with E-state index in [1.54, 1.807) is 6.20 Å². The highest BCUT2D eigenvalue weighted by molar-refractivity contribution is 7.80. The van der Waals surface area contributed by atoms with E-state index in [1.807, 2.05) is 49.6 Å². The minimum absolute atomic E-state index is 0.423. The first-order chi connectivity index (χ1) is 12.3. The molecule has 1 atom stereocenters. The Morgan fingerprint density at radius 3 is 2.80 bits per heavy atom. The number of rotatable bonds is 6. The molecular weight excluding hydrogens is 330 g/mol. The van der Waals surface area contributed by atoms with Crippen LogP contribution in [0, 0.1) is 0 Å². The summed E-state index contributed by atoms with van der Waals surface area (Å²) in [6.45, 7) is 0.494. The smallest absolute Gasteiger partial charge is 0.0996 e. The summed E-state index contributed by atoms with van der Waals surface area (Å²) in [6, 6.07) is 14.1. The molecule has 1 aliphatic carbocycles. The van der Waals surface area contributed by atoms with E-state index in [0.717, 1.165) is 41.1 Å². The molecule has 130 valence electrons. The number of likely N-dealkylation sites (N-methyl/N-ethyl adjacent to an activating group) is 1. The van der Waals surface area contributed by atoms with E-state index in [2.05, 4.69) is 27.9 Å². The van der Waals surface area contributed by atoms with Gasteiger partial charge < -0.3 is 5.32 Å². The molecule has 0 radical (unpaired) electrons. The molecule has 4 nitrogen and oxygen atoms in total. The number of hydrogen-bond acceptors (Lipinski definition) is 4. The molecular formula is C20H23N3OS. The van der Waals surface area contributed by atoms with Crippen LogP contribution in [0.5, 0.6) is 0 Å². The Morgan fingerprint density at radius 2 is 2.08 bits per heavy atom. The summed E-state index contributed by atoms with van der Waals surface area (Å²) in [5, 5.41) is 3.18. The van der Waals surface area contributed by atoms with E-state index in [1.165, 1.54) is 0 Å². The first-order valence-corrected chi connectivity index (χ1v) is 8.93. The van der Waals surface area contributed by atoms with Crippen LogP contribution < -0.4 is 10.8 Å². The van der Waals surface area contributed by atoms with E-state index in [-0.39, 0.29) is 0 Å². The van der Waals surface area contributed by atoms with Crippen LogP contribution in [0.4, 0.5) is 0 Å². The van der Waals surface area contributed by atoms with Crippen LogP contribution in [0.15, 0.2) is 66.6 Å². The van der Waals surface area contributed by atoms with Gasteiger partial charge >= 0.3 is 0 Å². The Kier molecular flexibility index (Phi) is 5.79. The van der Waals surface area contributed by atoms with Crippen molar-refractivity contribution in [1.29, 1.82) is 0 Å². The number of benzene rings is 1. The number of nitrogens with zero attached hydrogens (tertiary/aromatic N) is 1. The maximum absolute atomic E-state index is 5.80. The van der Waals surface area contributed by atoms with Gasteiger partial charge in [-0.25, -0.2) is 0 Å². The molecule has 1 aliphatic rings. The second-order valence-electron chi connectivity index (χ2n) is 6.11. The van der Waals surface area contributed by atoms with E-state index in [9.17, 15) is 0 Å². The molecule has 5 heteroatoms. The summed E-state index contributed by atoms with van der Waals surface area (Å²) < 4.78 is 0. The lowest BCUT2D eigenvalue weighted by Gasteiger charge is -2.39. The first kappa shape index (κ1) is 17.6. The van der Waals surface area contributed by atoms with Crippen molar-refractivity contribution in [2.75, 3.05) is 7.05 Å². The summed E-state index contributed by atoms with van der Waals surface area (Å²) in [4.78, 5) is 10.9. The number of hydrogen-bond donors (Lipinski definition) is 2. The topological polar surface area (TPSA) is 46.2 Å². The minimum Gasteiger partial charge on any atom is -0.382 e. The highest BCUT2D eigenvalue weighted by Gasteiger charge is 2.42. The average molecular weight is 353 g/mol. The normalized spacial score (nSPS) is 19.8. The zero-order valence-corrected chi connectivity index (χ0v) is 15.2.